The van der Waals surface area contributed by atoms with Crippen LogP contribution in [0.1, 0.15) is 39.0 Å². The number of amides is 1. The van der Waals surface area contributed by atoms with Crippen LogP contribution in [0, 0.1) is 5.92 Å². The van der Waals surface area contributed by atoms with Crippen molar-refractivity contribution in [2.75, 3.05) is 39.3 Å². The minimum Gasteiger partial charge on any atom is -0.404 e. The van der Waals surface area contributed by atoms with Crippen molar-refractivity contribution < 1.29 is 9.59 Å². The summed E-state index contributed by atoms with van der Waals surface area (Å²) in [4.78, 5) is 32.5. The SMILES string of the molecule is CC(=O)CN1CCC(CC(=O)N2CCC(N=C/C(=C\N)CN)CC2)CC1. The molecule has 0 unspecified atom stereocenters. The monoisotopic (exact) mass is 363 g/mol. The number of nitrogens with zero attached hydrogens (tertiary/aromatic N) is 3. The van der Waals surface area contributed by atoms with Crippen molar-refractivity contribution >= 4 is 17.9 Å². The molecule has 0 aliphatic carbocycles. The maximum Gasteiger partial charge on any atom is 0.222 e. The molecule has 0 saturated carbocycles. The predicted molar refractivity (Wildman–Crippen MR) is 104 cm³/mol. The van der Waals surface area contributed by atoms with Crippen LogP contribution in [-0.4, -0.2) is 73.0 Å². The van der Waals surface area contributed by atoms with Crippen LogP contribution in [0.5, 0.6) is 0 Å². The molecule has 1 amide bonds. The van der Waals surface area contributed by atoms with Crippen LogP contribution in [0.4, 0.5) is 0 Å². The molecule has 26 heavy (non-hydrogen) atoms. The quantitative estimate of drug-likeness (QED) is 0.642. The Morgan fingerprint density at radius 2 is 1.77 bits per heavy atom. The number of rotatable bonds is 7. The molecule has 146 valence electrons. The molecule has 2 heterocycles. The van der Waals surface area contributed by atoms with Gasteiger partial charge in [-0.05, 0) is 63.4 Å². The predicted octanol–water partition coefficient (Wildman–Crippen LogP) is 0.541. The average Bonchev–Trinajstić information content (AvgIpc) is 2.64. The lowest BCUT2D eigenvalue weighted by Gasteiger charge is -2.34. The van der Waals surface area contributed by atoms with E-state index in [4.69, 9.17) is 11.5 Å². The molecular weight excluding hydrogens is 330 g/mol. The van der Waals surface area contributed by atoms with Gasteiger partial charge in [0.25, 0.3) is 0 Å². The van der Waals surface area contributed by atoms with E-state index in [2.05, 4.69) is 9.89 Å². The lowest BCUT2D eigenvalue weighted by molar-refractivity contribution is -0.133. The van der Waals surface area contributed by atoms with Gasteiger partial charge in [0.1, 0.15) is 5.78 Å². The van der Waals surface area contributed by atoms with Crippen molar-refractivity contribution in [1.82, 2.24) is 9.80 Å². The number of carbonyl (C=O) groups is 2. The fourth-order valence-corrected chi connectivity index (χ4v) is 3.67. The normalized spacial score (nSPS) is 21.5. The van der Waals surface area contributed by atoms with E-state index in [-0.39, 0.29) is 17.7 Å². The molecule has 2 rings (SSSR count). The van der Waals surface area contributed by atoms with Gasteiger partial charge in [0, 0.05) is 32.3 Å². The van der Waals surface area contributed by atoms with E-state index >= 15 is 0 Å². The summed E-state index contributed by atoms with van der Waals surface area (Å²) >= 11 is 0. The average molecular weight is 364 g/mol. The molecule has 2 aliphatic heterocycles. The van der Waals surface area contributed by atoms with Gasteiger partial charge in [0.15, 0.2) is 0 Å². The van der Waals surface area contributed by atoms with Crippen molar-refractivity contribution in [1.29, 1.82) is 0 Å². The number of Topliss-reactive ketones (excluding diaryl/α,β-unsaturated/α-hetero) is 1. The standard InChI is InChI=1S/C19H33N5O2/c1-15(25)14-23-6-2-16(3-7-23)10-19(26)24-8-4-18(5-9-24)22-13-17(11-20)12-21/h11,13,16,18H,2-10,12,14,20-21H2,1H3/b17-11-,22-13?. The van der Waals surface area contributed by atoms with E-state index in [1.807, 2.05) is 4.90 Å². The second-order valence-electron chi connectivity index (χ2n) is 7.46. The molecule has 7 nitrogen and oxygen atoms in total. The van der Waals surface area contributed by atoms with Crippen molar-refractivity contribution in [2.24, 2.45) is 22.4 Å². The van der Waals surface area contributed by atoms with Crippen molar-refractivity contribution in [3.63, 3.8) is 0 Å². The molecule has 2 fully saturated rings. The Hall–Kier alpha value is -1.73. The molecular formula is C19H33N5O2. The van der Waals surface area contributed by atoms with Crippen LogP contribution in [-0.2, 0) is 9.59 Å². The van der Waals surface area contributed by atoms with Crippen molar-refractivity contribution in [2.45, 2.75) is 45.1 Å². The third kappa shape index (κ3) is 6.53. The van der Waals surface area contributed by atoms with E-state index in [0.29, 0.717) is 25.4 Å². The van der Waals surface area contributed by atoms with E-state index < -0.39 is 0 Å². The second kappa shape index (κ2) is 10.4. The highest BCUT2D eigenvalue weighted by Gasteiger charge is 2.26. The first kappa shape index (κ1) is 20.6. The molecule has 0 aromatic heterocycles. The minimum absolute atomic E-state index is 0.214. The van der Waals surface area contributed by atoms with Gasteiger partial charge in [0.05, 0.1) is 12.6 Å². The van der Waals surface area contributed by atoms with Gasteiger partial charge >= 0.3 is 0 Å². The summed E-state index contributed by atoms with van der Waals surface area (Å²) in [5.41, 5.74) is 11.9. The molecule has 0 atom stereocenters. The van der Waals surface area contributed by atoms with Gasteiger partial charge in [-0.3, -0.25) is 19.5 Å². The van der Waals surface area contributed by atoms with Crippen molar-refractivity contribution in [3.05, 3.63) is 11.8 Å². The second-order valence-corrected chi connectivity index (χ2v) is 7.46. The summed E-state index contributed by atoms with van der Waals surface area (Å²) in [6.07, 6.45) is 7.68. The zero-order valence-electron chi connectivity index (χ0n) is 15.9. The van der Waals surface area contributed by atoms with Crippen LogP contribution in [0.2, 0.25) is 0 Å². The molecule has 0 spiro atoms. The number of nitrogens with two attached hydrogens (primary N) is 2. The zero-order valence-corrected chi connectivity index (χ0v) is 15.9. The number of hydrogen-bond acceptors (Lipinski definition) is 6. The summed E-state index contributed by atoms with van der Waals surface area (Å²) in [5.74, 6) is 0.927. The number of aliphatic imine (C=N–C) groups is 1. The highest BCUT2D eigenvalue weighted by atomic mass is 16.2. The number of piperidine rings is 2. The maximum absolute atomic E-state index is 12.6. The molecule has 7 heteroatoms. The number of carbonyl (C=O) groups excluding carboxylic acids is 2. The van der Waals surface area contributed by atoms with Crippen LogP contribution in [0.25, 0.3) is 0 Å². The van der Waals surface area contributed by atoms with Gasteiger partial charge in [-0.25, -0.2) is 0 Å². The summed E-state index contributed by atoms with van der Waals surface area (Å²) in [6, 6.07) is 0.246. The summed E-state index contributed by atoms with van der Waals surface area (Å²) < 4.78 is 0. The lowest BCUT2D eigenvalue weighted by atomic mass is 9.92. The summed E-state index contributed by atoms with van der Waals surface area (Å²) in [6.45, 7) is 5.95. The minimum atomic E-state index is 0.214. The summed E-state index contributed by atoms with van der Waals surface area (Å²) in [7, 11) is 0. The number of ketones is 1. The fourth-order valence-electron chi connectivity index (χ4n) is 3.67. The Morgan fingerprint density at radius 1 is 1.12 bits per heavy atom. The Labute approximate surface area is 156 Å². The van der Waals surface area contributed by atoms with Crippen LogP contribution in [0.3, 0.4) is 0 Å². The van der Waals surface area contributed by atoms with Crippen LogP contribution < -0.4 is 11.5 Å². The lowest BCUT2D eigenvalue weighted by Crippen LogP contribution is -2.42. The molecule has 2 saturated heterocycles. The smallest absolute Gasteiger partial charge is 0.222 e. The van der Waals surface area contributed by atoms with E-state index in [1.165, 1.54) is 6.20 Å². The highest BCUT2D eigenvalue weighted by molar-refractivity contribution is 5.79. The van der Waals surface area contributed by atoms with E-state index in [9.17, 15) is 9.59 Å². The van der Waals surface area contributed by atoms with Crippen molar-refractivity contribution in [3.8, 4) is 0 Å². The topological polar surface area (TPSA) is 105 Å². The van der Waals surface area contributed by atoms with Crippen LogP contribution >= 0.6 is 0 Å². The number of likely N-dealkylation sites (tertiary alicyclic amines) is 2. The van der Waals surface area contributed by atoms with Crippen LogP contribution in [0.15, 0.2) is 16.8 Å². The Morgan fingerprint density at radius 3 is 2.31 bits per heavy atom. The van der Waals surface area contributed by atoms with Gasteiger partial charge in [-0.15, -0.1) is 0 Å². The Kier molecular flexibility index (Phi) is 8.25. The van der Waals surface area contributed by atoms with Gasteiger partial charge in [-0.1, -0.05) is 0 Å². The first-order valence-corrected chi connectivity index (χ1v) is 9.65. The summed E-state index contributed by atoms with van der Waals surface area (Å²) in [5, 5.41) is 0. The number of hydrogen-bond donors (Lipinski definition) is 2. The fraction of sp³-hybridized carbons (Fsp3) is 0.737. The molecule has 4 N–H and O–H groups in total. The zero-order chi connectivity index (χ0) is 18.9. The molecule has 0 aromatic rings. The molecule has 0 bridgehead atoms. The van der Waals surface area contributed by atoms with E-state index in [1.54, 1.807) is 13.1 Å². The molecule has 0 aromatic carbocycles. The molecule has 2 aliphatic rings. The Bertz CT molecular complexity index is 530. The largest absolute Gasteiger partial charge is 0.404 e. The maximum atomic E-state index is 12.6. The third-order valence-corrected chi connectivity index (χ3v) is 5.33. The molecule has 0 radical (unpaired) electrons. The van der Waals surface area contributed by atoms with Gasteiger partial charge in [0.2, 0.25) is 5.91 Å². The highest BCUT2D eigenvalue weighted by Crippen LogP contribution is 2.23. The third-order valence-electron chi connectivity index (χ3n) is 5.33. The Balaban J connectivity index is 1.69. The van der Waals surface area contributed by atoms with Gasteiger partial charge in [-0.2, -0.15) is 0 Å². The van der Waals surface area contributed by atoms with E-state index in [0.717, 1.165) is 57.4 Å². The van der Waals surface area contributed by atoms with Gasteiger partial charge < -0.3 is 16.4 Å². The first-order chi connectivity index (χ1) is 12.5. The first-order valence-electron chi connectivity index (χ1n) is 9.65.